The maximum Gasteiger partial charge on any atom is 0.307 e. The van der Waals surface area contributed by atoms with Gasteiger partial charge in [-0.15, -0.1) is 0 Å². The van der Waals surface area contributed by atoms with E-state index in [1.807, 2.05) is 13.8 Å². The molecule has 0 heterocycles. The summed E-state index contributed by atoms with van der Waals surface area (Å²) in [7, 11) is 0. The summed E-state index contributed by atoms with van der Waals surface area (Å²) in [6.45, 7) is 6.07. The Labute approximate surface area is 119 Å². The van der Waals surface area contributed by atoms with Crippen LogP contribution in [-0.4, -0.2) is 35.5 Å². The smallest absolute Gasteiger partial charge is 0.307 e. The van der Waals surface area contributed by atoms with Gasteiger partial charge in [-0.1, -0.05) is 13.8 Å². The predicted octanol–water partition coefficient (Wildman–Crippen LogP) is 0.764. The first-order valence-corrected chi connectivity index (χ1v) is 7.17. The van der Waals surface area contributed by atoms with Crippen molar-refractivity contribution in [2.45, 2.75) is 46.1 Å². The van der Waals surface area contributed by atoms with Crippen molar-refractivity contribution in [1.82, 2.24) is 10.6 Å². The molecule has 1 aliphatic carbocycles. The van der Waals surface area contributed by atoms with Gasteiger partial charge in [0.1, 0.15) is 6.04 Å². The molecule has 114 valence electrons. The molecule has 0 spiro atoms. The standard InChI is InChI=1S/C14H24N2O4/c1-4-5-15-12(17)9(3)16-13(18)10-6-8(2)7-11(10)14(19)20/h8-11H,4-7H2,1-3H3,(H,15,17)(H,16,18)(H,19,20)/t8?,9?,10-,11+/m0/s1. The monoisotopic (exact) mass is 284 g/mol. The normalized spacial score (nSPS) is 26.9. The third-order valence-corrected chi connectivity index (χ3v) is 3.75. The third-order valence-electron chi connectivity index (χ3n) is 3.75. The Kier molecular flexibility index (Phi) is 5.98. The van der Waals surface area contributed by atoms with Crippen molar-refractivity contribution in [3.63, 3.8) is 0 Å². The number of carbonyl (C=O) groups is 3. The number of hydrogen-bond donors (Lipinski definition) is 3. The number of nitrogens with one attached hydrogen (secondary N) is 2. The van der Waals surface area contributed by atoms with Crippen LogP contribution in [-0.2, 0) is 14.4 Å². The molecule has 2 amide bonds. The molecule has 6 nitrogen and oxygen atoms in total. The predicted molar refractivity (Wildman–Crippen MR) is 73.9 cm³/mol. The van der Waals surface area contributed by atoms with E-state index >= 15 is 0 Å². The van der Waals surface area contributed by atoms with Gasteiger partial charge in [-0.05, 0) is 32.1 Å². The molecule has 1 fully saturated rings. The van der Waals surface area contributed by atoms with E-state index in [0.717, 1.165) is 6.42 Å². The van der Waals surface area contributed by atoms with E-state index < -0.39 is 23.8 Å². The number of hydrogen-bond acceptors (Lipinski definition) is 3. The van der Waals surface area contributed by atoms with Gasteiger partial charge in [-0.2, -0.15) is 0 Å². The molecule has 2 unspecified atom stereocenters. The van der Waals surface area contributed by atoms with Crippen molar-refractivity contribution in [3.8, 4) is 0 Å². The Balaban J connectivity index is 2.57. The van der Waals surface area contributed by atoms with Crippen molar-refractivity contribution < 1.29 is 19.5 Å². The Morgan fingerprint density at radius 3 is 2.40 bits per heavy atom. The second-order valence-electron chi connectivity index (χ2n) is 5.65. The van der Waals surface area contributed by atoms with E-state index in [4.69, 9.17) is 5.11 Å². The van der Waals surface area contributed by atoms with Crippen molar-refractivity contribution in [2.24, 2.45) is 17.8 Å². The van der Waals surface area contributed by atoms with Crippen LogP contribution in [0.1, 0.15) is 40.0 Å². The molecule has 1 aliphatic rings. The second kappa shape index (κ2) is 7.26. The molecule has 0 radical (unpaired) electrons. The summed E-state index contributed by atoms with van der Waals surface area (Å²) >= 11 is 0. The lowest BCUT2D eigenvalue weighted by Gasteiger charge is -2.19. The molecule has 3 N–H and O–H groups in total. The van der Waals surface area contributed by atoms with Gasteiger partial charge >= 0.3 is 5.97 Å². The van der Waals surface area contributed by atoms with Crippen LogP contribution in [0, 0.1) is 17.8 Å². The van der Waals surface area contributed by atoms with E-state index in [0.29, 0.717) is 19.4 Å². The fourth-order valence-electron chi connectivity index (χ4n) is 2.64. The minimum absolute atomic E-state index is 0.219. The zero-order chi connectivity index (χ0) is 15.3. The first-order chi connectivity index (χ1) is 9.36. The molecule has 1 saturated carbocycles. The average Bonchev–Trinajstić information content (AvgIpc) is 2.78. The summed E-state index contributed by atoms with van der Waals surface area (Å²) in [6, 6.07) is -0.639. The summed E-state index contributed by atoms with van der Waals surface area (Å²) in [5.74, 6) is -2.47. The van der Waals surface area contributed by atoms with Crippen LogP contribution in [0.15, 0.2) is 0 Å². The van der Waals surface area contributed by atoms with Crippen LogP contribution in [0.5, 0.6) is 0 Å². The van der Waals surface area contributed by atoms with E-state index in [2.05, 4.69) is 10.6 Å². The number of carboxylic acid groups (broad SMARTS) is 1. The fourth-order valence-corrected chi connectivity index (χ4v) is 2.64. The van der Waals surface area contributed by atoms with Crippen LogP contribution in [0.25, 0.3) is 0 Å². The van der Waals surface area contributed by atoms with Crippen molar-refractivity contribution >= 4 is 17.8 Å². The molecular weight excluding hydrogens is 260 g/mol. The number of aliphatic carboxylic acids is 1. The molecule has 20 heavy (non-hydrogen) atoms. The van der Waals surface area contributed by atoms with Crippen molar-refractivity contribution in [3.05, 3.63) is 0 Å². The molecule has 0 bridgehead atoms. The highest BCUT2D eigenvalue weighted by Crippen LogP contribution is 2.36. The Bertz CT molecular complexity index is 383. The number of amides is 2. The average molecular weight is 284 g/mol. The summed E-state index contributed by atoms with van der Waals surface area (Å²) in [4.78, 5) is 35.0. The zero-order valence-corrected chi connectivity index (χ0v) is 12.3. The highest BCUT2D eigenvalue weighted by Gasteiger charge is 2.41. The highest BCUT2D eigenvalue weighted by molar-refractivity contribution is 5.90. The summed E-state index contributed by atoms with van der Waals surface area (Å²) in [5, 5.41) is 14.5. The van der Waals surface area contributed by atoms with E-state index in [9.17, 15) is 14.4 Å². The minimum atomic E-state index is -0.933. The van der Waals surface area contributed by atoms with E-state index in [-0.39, 0.29) is 17.7 Å². The molecule has 0 aromatic carbocycles. The lowest BCUT2D eigenvalue weighted by molar-refractivity contribution is -0.146. The first-order valence-electron chi connectivity index (χ1n) is 7.17. The second-order valence-corrected chi connectivity index (χ2v) is 5.65. The molecule has 6 heteroatoms. The van der Waals surface area contributed by atoms with E-state index in [1.165, 1.54) is 0 Å². The Morgan fingerprint density at radius 2 is 1.85 bits per heavy atom. The van der Waals surface area contributed by atoms with Gasteiger partial charge in [0, 0.05) is 6.54 Å². The number of carboxylic acids is 1. The Morgan fingerprint density at radius 1 is 1.25 bits per heavy atom. The van der Waals surface area contributed by atoms with Gasteiger partial charge in [-0.25, -0.2) is 0 Å². The maximum atomic E-state index is 12.1. The molecule has 0 saturated heterocycles. The SMILES string of the molecule is CCCNC(=O)C(C)NC(=O)[C@H]1CC(C)C[C@H]1C(=O)O. The van der Waals surface area contributed by atoms with E-state index in [1.54, 1.807) is 6.92 Å². The lowest BCUT2D eigenvalue weighted by Crippen LogP contribution is -2.47. The molecule has 4 atom stereocenters. The fraction of sp³-hybridized carbons (Fsp3) is 0.786. The summed E-state index contributed by atoms with van der Waals surface area (Å²) in [6.07, 6.45) is 1.91. The van der Waals surface area contributed by atoms with Gasteiger partial charge in [0.15, 0.2) is 0 Å². The molecule has 0 aliphatic heterocycles. The van der Waals surface area contributed by atoms with Crippen molar-refractivity contribution in [2.75, 3.05) is 6.54 Å². The Hall–Kier alpha value is -1.59. The van der Waals surface area contributed by atoms with Crippen LogP contribution in [0.4, 0.5) is 0 Å². The van der Waals surface area contributed by atoms with Gasteiger partial charge in [-0.3, -0.25) is 14.4 Å². The van der Waals surface area contributed by atoms with Crippen LogP contribution in [0.3, 0.4) is 0 Å². The molecule has 0 aromatic heterocycles. The highest BCUT2D eigenvalue weighted by atomic mass is 16.4. The number of carbonyl (C=O) groups excluding carboxylic acids is 2. The quantitative estimate of drug-likeness (QED) is 0.671. The van der Waals surface area contributed by atoms with Crippen LogP contribution in [0.2, 0.25) is 0 Å². The molecule has 0 aromatic rings. The maximum absolute atomic E-state index is 12.1. The van der Waals surface area contributed by atoms with Gasteiger partial charge in [0.25, 0.3) is 0 Å². The van der Waals surface area contributed by atoms with Gasteiger partial charge in [0.2, 0.25) is 11.8 Å². The topological polar surface area (TPSA) is 95.5 Å². The molecular formula is C14H24N2O4. The molecule has 1 rings (SSSR count). The zero-order valence-electron chi connectivity index (χ0n) is 12.3. The largest absolute Gasteiger partial charge is 0.481 e. The number of rotatable bonds is 6. The van der Waals surface area contributed by atoms with Crippen LogP contribution >= 0.6 is 0 Å². The summed E-state index contributed by atoms with van der Waals surface area (Å²) in [5.41, 5.74) is 0. The van der Waals surface area contributed by atoms with Gasteiger partial charge < -0.3 is 15.7 Å². The minimum Gasteiger partial charge on any atom is -0.481 e. The van der Waals surface area contributed by atoms with Crippen molar-refractivity contribution in [1.29, 1.82) is 0 Å². The van der Waals surface area contributed by atoms with Crippen LogP contribution < -0.4 is 10.6 Å². The lowest BCUT2D eigenvalue weighted by atomic mass is 9.95. The third kappa shape index (κ3) is 4.21. The van der Waals surface area contributed by atoms with Gasteiger partial charge in [0.05, 0.1) is 11.8 Å². The summed E-state index contributed by atoms with van der Waals surface area (Å²) < 4.78 is 0. The first kappa shape index (κ1) is 16.5.